The Morgan fingerprint density at radius 2 is 1.74 bits per heavy atom. The van der Waals surface area contributed by atoms with Gasteiger partial charge in [0.15, 0.2) is 5.82 Å². The van der Waals surface area contributed by atoms with Gasteiger partial charge in [0.1, 0.15) is 5.65 Å². The predicted molar refractivity (Wildman–Crippen MR) is 94.0 cm³/mol. The summed E-state index contributed by atoms with van der Waals surface area (Å²) in [5.41, 5.74) is 4.95. The van der Waals surface area contributed by atoms with Crippen LogP contribution in [0.5, 0.6) is 0 Å². The number of rotatable bonds is 2. The summed E-state index contributed by atoms with van der Waals surface area (Å²) in [6.07, 6.45) is 2.01. The van der Waals surface area contributed by atoms with Gasteiger partial charge >= 0.3 is 0 Å². The van der Waals surface area contributed by atoms with Gasteiger partial charge in [0.25, 0.3) is 0 Å². The van der Waals surface area contributed by atoms with Crippen molar-refractivity contribution in [2.75, 3.05) is 0 Å². The summed E-state index contributed by atoms with van der Waals surface area (Å²) in [6, 6.07) is 12.1. The molecule has 0 aliphatic heterocycles. The second kappa shape index (κ2) is 5.61. The maximum atomic E-state index is 4.79. The number of fused-ring (bicyclic) bond motifs is 1. The van der Waals surface area contributed by atoms with E-state index >= 15 is 0 Å². The third-order valence-electron chi connectivity index (χ3n) is 3.83. The molecule has 0 saturated carbocycles. The molecule has 0 saturated heterocycles. The van der Waals surface area contributed by atoms with Gasteiger partial charge in [0.05, 0.1) is 11.4 Å². The monoisotopic (exact) mass is 306 g/mol. The molecule has 4 heteroatoms. The molecular formula is C19H22N4. The van der Waals surface area contributed by atoms with Crippen LogP contribution in [-0.4, -0.2) is 9.38 Å². The van der Waals surface area contributed by atoms with Crippen LogP contribution in [0.4, 0.5) is 11.5 Å². The molecule has 4 nitrogen and oxygen atoms in total. The number of benzene rings is 1. The minimum atomic E-state index is -0.0972. The largest absolute Gasteiger partial charge is 0.283 e. The molecule has 3 rings (SSSR count). The first kappa shape index (κ1) is 15.4. The number of pyridine rings is 1. The molecule has 0 unspecified atom stereocenters. The Bertz CT molecular complexity index is 882. The first-order valence-corrected chi connectivity index (χ1v) is 7.83. The molecule has 2 aromatic heterocycles. The third kappa shape index (κ3) is 3.02. The predicted octanol–water partition coefficient (Wildman–Crippen LogP) is 5.66. The van der Waals surface area contributed by atoms with E-state index in [2.05, 4.69) is 50.1 Å². The Morgan fingerprint density at radius 1 is 1.00 bits per heavy atom. The Morgan fingerprint density at radius 3 is 2.43 bits per heavy atom. The van der Waals surface area contributed by atoms with E-state index in [1.165, 1.54) is 5.56 Å². The average Bonchev–Trinajstić information content (AvgIpc) is 2.84. The summed E-state index contributed by atoms with van der Waals surface area (Å²) < 4.78 is 2.01. The topological polar surface area (TPSA) is 42.0 Å². The highest BCUT2D eigenvalue weighted by atomic mass is 15.2. The molecular weight excluding hydrogens is 284 g/mol. The number of nitrogens with zero attached hydrogens (tertiary/aromatic N) is 4. The number of azo groups is 1. The van der Waals surface area contributed by atoms with Crippen molar-refractivity contribution in [1.29, 1.82) is 0 Å². The summed E-state index contributed by atoms with van der Waals surface area (Å²) in [7, 11) is 0. The summed E-state index contributed by atoms with van der Waals surface area (Å²) in [5.74, 6) is 0.802. The van der Waals surface area contributed by atoms with Crippen molar-refractivity contribution in [1.82, 2.24) is 9.38 Å². The molecule has 23 heavy (non-hydrogen) atoms. The van der Waals surface area contributed by atoms with Crippen LogP contribution in [0.3, 0.4) is 0 Å². The molecule has 3 aromatic rings. The fourth-order valence-corrected chi connectivity index (χ4v) is 2.51. The van der Waals surface area contributed by atoms with Crippen molar-refractivity contribution in [3.63, 3.8) is 0 Å². The van der Waals surface area contributed by atoms with Crippen LogP contribution >= 0.6 is 0 Å². The van der Waals surface area contributed by atoms with Gasteiger partial charge in [-0.25, -0.2) is 4.98 Å². The van der Waals surface area contributed by atoms with E-state index in [4.69, 9.17) is 4.98 Å². The van der Waals surface area contributed by atoms with Gasteiger partial charge < -0.3 is 0 Å². The lowest BCUT2D eigenvalue weighted by Gasteiger charge is -2.15. The van der Waals surface area contributed by atoms with Gasteiger partial charge in [-0.3, -0.25) is 4.40 Å². The Labute approximate surface area is 136 Å². The fourth-order valence-electron chi connectivity index (χ4n) is 2.51. The zero-order valence-corrected chi connectivity index (χ0v) is 14.3. The molecule has 0 amide bonds. The van der Waals surface area contributed by atoms with Crippen LogP contribution in [-0.2, 0) is 5.41 Å². The fraction of sp³-hybridized carbons (Fsp3) is 0.316. The smallest absolute Gasteiger partial charge is 0.183 e. The number of aryl methyl sites for hydroxylation is 2. The molecule has 0 aliphatic rings. The highest BCUT2D eigenvalue weighted by molar-refractivity contribution is 5.55. The van der Waals surface area contributed by atoms with E-state index < -0.39 is 0 Å². The van der Waals surface area contributed by atoms with E-state index in [-0.39, 0.29) is 5.41 Å². The number of aromatic nitrogens is 2. The van der Waals surface area contributed by atoms with E-state index in [9.17, 15) is 0 Å². The first-order chi connectivity index (χ1) is 10.9. The van der Waals surface area contributed by atoms with Gasteiger partial charge in [-0.2, -0.15) is 0 Å². The van der Waals surface area contributed by atoms with Gasteiger partial charge in [0, 0.05) is 11.6 Å². The maximum Gasteiger partial charge on any atom is 0.183 e. The molecule has 1 aromatic carbocycles. The van der Waals surface area contributed by atoms with Crippen molar-refractivity contribution in [3.8, 4) is 0 Å². The maximum absolute atomic E-state index is 4.79. The number of imidazole rings is 1. The molecule has 2 heterocycles. The molecule has 0 radical (unpaired) electrons. The molecule has 0 spiro atoms. The van der Waals surface area contributed by atoms with Crippen LogP contribution in [0.25, 0.3) is 5.65 Å². The van der Waals surface area contributed by atoms with E-state index in [1.807, 2.05) is 41.8 Å². The zero-order chi connectivity index (χ0) is 16.6. The first-order valence-electron chi connectivity index (χ1n) is 7.83. The normalized spacial score (nSPS) is 12.4. The van der Waals surface area contributed by atoms with Gasteiger partial charge in [0.2, 0.25) is 0 Å². The summed E-state index contributed by atoms with van der Waals surface area (Å²) >= 11 is 0. The minimum Gasteiger partial charge on any atom is -0.283 e. The third-order valence-corrected chi connectivity index (χ3v) is 3.83. The molecule has 0 aliphatic carbocycles. The minimum absolute atomic E-state index is 0.0972. The summed E-state index contributed by atoms with van der Waals surface area (Å²) in [4.78, 5) is 4.79. The summed E-state index contributed by atoms with van der Waals surface area (Å²) in [5, 5.41) is 9.01. The van der Waals surface area contributed by atoms with E-state index in [0.717, 1.165) is 28.4 Å². The van der Waals surface area contributed by atoms with Crippen LogP contribution in [0.1, 0.15) is 37.6 Å². The number of hydrogen-bond acceptors (Lipinski definition) is 3. The Kier molecular flexibility index (Phi) is 3.76. The molecule has 0 bridgehead atoms. The second-order valence-corrected chi connectivity index (χ2v) is 6.95. The van der Waals surface area contributed by atoms with Crippen molar-refractivity contribution >= 4 is 17.2 Å². The van der Waals surface area contributed by atoms with Gasteiger partial charge in [-0.05, 0) is 43.2 Å². The standard InChI is InChI=1S/C19H22N4/c1-13-10-11-23-16(12-13)20-17(19(3,4)5)18(23)22-21-15-9-7-6-8-14(15)2/h6-12H,1-5H3. The van der Waals surface area contributed by atoms with E-state index in [0.29, 0.717) is 0 Å². The van der Waals surface area contributed by atoms with Crippen LogP contribution in [0.2, 0.25) is 0 Å². The second-order valence-electron chi connectivity index (χ2n) is 6.95. The lowest BCUT2D eigenvalue weighted by molar-refractivity contribution is 0.574. The molecule has 118 valence electrons. The van der Waals surface area contributed by atoms with Crippen molar-refractivity contribution < 1.29 is 0 Å². The lowest BCUT2D eigenvalue weighted by Crippen LogP contribution is -2.11. The van der Waals surface area contributed by atoms with Crippen LogP contribution in [0, 0.1) is 13.8 Å². The highest BCUT2D eigenvalue weighted by Crippen LogP contribution is 2.33. The van der Waals surface area contributed by atoms with Crippen molar-refractivity contribution in [2.24, 2.45) is 10.2 Å². The SMILES string of the molecule is Cc1ccn2c(N=Nc3ccccc3C)c(C(C)(C)C)nc2c1. The van der Waals surface area contributed by atoms with Crippen LogP contribution < -0.4 is 0 Å². The Hall–Kier alpha value is -2.49. The average molecular weight is 306 g/mol. The molecule has 0 fully saturated rings. The number of hydrogen-bond donors (Lipinski definition) is 0. The quantitative estimate of drug-likeness (QED) is 0.563. The Balaban J connectivity index is 2.17. The molecule has 0 N–H and O–H groups in total. The molecule has 0 atom stereocenters. The van der Waals surface area contributed by atoms with Gasteiger partial charge in [-0.1, -0.05) is 39.0 Å². The van der Waals surface area contributed by atoms with Crippen molar-refractivity contribution in [2.45, 2.75) is 40.0 Å². The van der Waals surface area contributed by atoms with Crippen molar-refractivity contribution in [3.05, 3.63) is 59.4 Å². The van der Waals surface area contributed by atoms with E-state index in [1.54, 1.807) is 0 Å². The zero-order valence-electron chi connectivity index (χ0n) is 14.3. The lowest BCUT2D eigenvalue weighted by atomic mass is 9.92. The van der Waals surface area contributed by atoms with Gasteiger partial charge in [-0.15, -0.1) is 10.2 Å². The summed E-state index contributed by atoms with van der Waals surface area (Å²) in [6.45, 7) is 10.5. The highest BCUT2D eigenvalue weighted by Gasteiger charge is 2.24. The van der Waals surface area contributed by atoms with Crippen LogP contribution in [0.15, 0.2) is 52.8 Å².